The number of carbonyl (C=O) groups excluding carboxylic acids is 1. The van der Waals surface area contributed by atoms with Gasteiger partial charge in [0.1, 0.15) is 12.4 Å². The number of fused-ring (bicyclic) bond motifs is 1. The molecule has 0 atom stereocenters. The third-order valence-electron chi connectivity index (χ3n) is 4.42. The SMILES string of the molecule is Cc1ccc(NC(=O)c2ccccc2Br)c(OCc2cc(=O)n3cc(C)sc3n2)c1. The highest BCUT2D eigenvalue weighted by atomic mass is 79.9. The van der Waals surface area contributed by atoms with Gasteiger partial charge in [0, 0.05) is 21.6 Å². The van der Waals surface area contributed by atoms with E-state index in [9.17, 15) is 9.59 Å². The molecule has 0 radical (unpaired) electrons. The molecule has 8 heteroatoms. The average molecular weight is 484 g/mol. The van der Waals surface area contributed by atoms with Crippen LogP contribution >= 0.6 is 27.3 Å². The molecular weight excluding hydrogens is 466 g/mol. The Bertz CT molecular complexity index is 1310. The largest absolute Gasteiger partial charge is 0.485 e. The highest BCUT2D eigenvalue weighted by molar-refractivity contribution is 9.10. The molecule has 0 aliphatic carbocycles. The third-order valence-corrected chi connectivity index (χ3v) is 6.00. The normalized spacial score (nSPS) is 10.9. The van der Waals surface area contributed by atoms with E-state index < -0.39 is 0 Å². The van der Waals surface area contributed by atoms with Crippen LogP contribution in [0.3, 0.4) is 0 Å². The van der Waals surface area contributed by atoms with Gasteiger partial charge in [0.25, 0.3) is 11.5 Å². The van der Waals surface area contributed by atoms with Gasteiger partial charge in [-0.25, -0.2) is 4.98 Å². The molecule has 6 nitrogen and oxygen atoms in total. The first-order valence-electron chi connectivity index (χ1n) is 9.19. The fourth-order valence-electron chi connectivity index (χ4n) is 2.97. The Morgan fingerprint density at radius 1 is 1.20 bits per heavy atom. The summed E-state index contributed by atoms with van der Waals surface area (Å²) in [6, 6.07) is 14.2. The van der Waals surface area contributed by atoms with Crippen LogP contribution in [0, 0.1) is 13.8 Å². The maximum absolute atomic E-state index is 12.7. The number of anilines is 1. The standard InChI is InChI=1S/C22H18BrN3O3S/c1-13-7-8-18(25-21(28)16-5-3-4-6-17(16)23)19(9-13)29-12-15-10-20(27)26-11-14(2)30-22(26)24-15/h3-11H,12H2,1-2H3,(H,25,28). The van der Waals surface area contributed by atoms with E-state index in [4.69, 9.17) is 4.74 Å². The number of benzene rings is 2. The number of nitrogens with zero attached hydrogens (tertiary/aromatic N) is 2. The predicted molar refractivity (Wildman–Crippen MR) is 122 cm³/mol. The van der Waals surface area contributed by atoms with Crippen molar-refractivity contribution in [3.63, 3.8) is 0 Å². The molecule has 2 heterocycles. The summed E-state index contributed by atoms with van der Waals surface area (Å²) in [6.45, 7) is 3.99. The van der Waals surface area contributed by atoms with Crippen molar-refractivity contribution in [3.8, 4) is 5.75 Å². The number of ether oxygens (including phenoxy) is 1. The van der Waals surface area contributed by atoms with Crippen LogP contribution in [0.4, 0.5) is 5.69 Å². The van der Waals surface area contributed by atoms with E-state index in [1.54, 1.807) is 24.4 Å². The second kappa shape index (κ2) is 8.41. The quantitative estimate of drug-likeness (QED) is 0.435. The lowest BCUT2D eigenvalue weighted by Gasteiger charge is -2.14. The van der Waals surface area contributed by atoms with Gasteiger partial charge in [-0.15, -0.1) is 11.3 Å². The van der Waals surface area contributed by atoms with Gasteiger partial charge in [0.2, 0.25) is 0 Å². The molecule has 0 unspecified atom stereocenters. The van der Waals surface area contributed by atoms with Gasteiger partial charge < -0.3 is 10.1 Å². The number of amides is 1. The molecule has 0 saturated heterocycles. The summed E-state index contributed by atoms with van der Waals surface area (Å²) < 4.78 is 8.19. The first-order valence-corrected chi connectivity index (χ1v) is 10.8. The zero-order chi connectivity index (χ0) is 21.3. The molecular formula is C22H18BrN3O3S. The monoisotopic (exact) mass is 483 g/mol. The van der Waals surface area contributed by atoms with Crippen LogP contribution < -0.4 is 15.6 Å². The van der Waals surface area contributed by atoms with E-state index in [0.29, 0.717) is 32.1 Å². The molecule has 0 aliphatic rings. The van der Waals surface area contributed by atoms with Gasteiger partial charge in [-0.2, -0.15) is 0 Å². The summed E-state index contributed by atoms with van der Waals surface area (Å²) in [5.41, 5.74) is 2.45. The number of thiazole rings is 1. The van der Waals surface area contributed by atoms with Crippen molar-refractivity contribution in [3.05, 3.63) is 91.3 Å². The number of halogens is 1. The van der Waals surface area contributed by atoms with E-state index in [0.717, 1.165) is 10.4 Å². The highest BCUT2D eigenvalue weighted by Crippen LogP contribution is 2.28. The second-order valence-electron chi connectivity index (χ2n) is 6.80. The molecule has 4 rings (SSSR count). The Labute approximate surface area is 185 Å². The Morgan fingerprint density at radius 3 is 2.80 bits per heavy atom. The summed E-state index contributed by atoms with van der Waals surface area (Å²) in [5.74, 6) is 0.266. The molecule has 2 aromatic carbocycles. The van der Waals surface area contributed by atoms with Gasteiger partial charge in [0.15, 0.2) is 4.96 Å². The zero-order valence-corrected chi connectivity index (χ0v) is 18.7. The summed E-state index contributed by atoms with van der Waals surface area (Å²) in [5, 5.41) is 2.90. The van der Waals surface area contributed by atoms with E-state index in [1.807, 2.05) is 38.1 Å². The van der Waals surface area contributed by atoms with Gasteiger partial charge in [-0.05, 0) is 59.6 Å². The number of aryl methyl sites for hydroxylation is 2. The topological polar surface area (TPSA) is 72.7 Å². The molecule has 30 heavy (non-hydrogen) atoms. The predicted octanol–water partition coefficient (Wildman–Crippen LogP) is 4.97. The molecule has 152 valence electrons. The number of carbonyl (C=O) groups is 1. The van der Waals surface area contributed by atoms with Crippen LogP contribution in [0.25, 0.3) is 4.96 Å². The van der Waals surface area contributed by atoms with Gasteiger partial charge in [0.05, 0.1) is 16.9 Å². The van der Waals surface area contributed by atoms with Crippen LogP contribution in [-0.2, 0) is 6.61 Å². The Hall–Kier alpha value is -2.97. The Balaban J connectivity index is 1.57. The minimum atomic E-state index is -0.247. The third kappa shape index (κ3) is 4.29. The first-order chi connectivity index (χ1) is 14.4. The van der Waals surface area contributed by atoms with Crippen LogP contribution in [0.1, 0.15) is 26.5 Å². The van der Waals surface area contributed by atoms with Crippen molar-refractivity contribution in [2.75, 3.05) is 5.32 Å². The van der Waals surface area contributed by atoms with E-state index in [-0.39, 0.29) is 18.1 Å². The number of aromatic nitrogens is 2. The summed E-state index contributed by atoms with van der Waals surface area (Å²) >= 11 is 4.85. The number of hydrogen-bond donors (Lipinski definition) is 1. The maximum Gasteiger partial charge on any atom is 0.258 e. The van der Waals surface area contributed by atoms with Crippen LogP contribution in [0.15, 0.2) is 64.0 Å². The van der Waals surface area contributed by atoms with Crippen molar-refractivity contribution in [1.82, 2.24) is 9.38 Å². The van der Waals surface area contributed by atoms with Crippen molar-refractivity contribution in [2.45, 2.75) is 20.5 Å². The van der Waals surface area contributed by atoms with Crippen LogP contribution in [0.5, 0.6) is 5.75 Å². The molecule has 0 bridgehead atoms. The molecule has 0 spiro atoms. The van der Waals surface area contributed by atoms with Gasteiger partial charge in [-0.3, -0.25) is 14.0 Å². The van der Waals surface area contributed by atoms with Crippen molar-refractivity contribution < 1.29 is 9.53 Å². The zero-order valence-electron chi connectivity index (χ0n) is 16.3. The molecule has 4 aromatic rings. The lowest BCUT2D eigenvalue weighted by Crippen LogP contribution is -2.15. The van der Waals surface area contributed by atoms with Gasteiger partial charge in [-0.1, -0.05) is 18.2 Å². The smallest absolute Gasteiger partial charge is 0.258 e. The summed E-state index contributed by atoms with van der Waals surface area (Å²) in [4.78, 5) is 31.1. The van der Waals surface area contributed by atoms with Crippen molar-refractivity contribution in [1.29, 1.82) is 0 Å². The van der Waals surface area contributed by atoms with E-state index in [1.165, 1.54) is 21.8 Å². The first kappa shape index (κ1) is 20.3. The summed E-state index contributed by atoms with van der Waals surface area (Å²) in [7, 11) is 0. The lowest BCUT2D eigenvalue weighted by molar-refractivity contribution is 0.102. The number of nitrogens with one attached hydrogen (secondary N) is 1. The Kier molecular flexibility index (Phi) is 5.69. The minimum Gasteiger partial charge on any atom is -0.485 e. The average Bonchev–Trinajstić information content (AvgIpc) is 3.09. The fourth-order valence-corrected chi connectivity index (χ4v) is 4.29. The highest BCUT2D eigenvalue weighted by Gasteiger charge is 2.14. The van der Waals surface area contributed by atoms with E-state index in [2.05, 4.69) is 26.2 Å². The fraction of sp³-hybridized carbons (Fsp3) is 0.136. The minimum absolute atomic E-state index is 0.115. The maximum atomic E-state index is 12.7. The van der Waals surface area contributed by atoms with Crippen molar-refractivity contribution in [2.24, 2.45) is 0 Å². The number of rotatable bonds is 5. The van der Waals surface area contributed by atoms with Crippen LogP contribution in [-0.4, -0.2) is 15.3 Å². The molecule has 1 N–H and O–H groups in total. The molecule has 1 amide bonds. The molecule has 0 fully saturated rings. The molecule has 0 saturated carbocycles. The lowest BCUT2D eigenvalue weighted by atomic mass is 10.2. The summed E-state index contributed by atoms with van der Waals surface area (Å²) in [6.07, 6.45) is 1.77. The molecule has 2 aromatic heterocycles. The Morgan fingerprint density at radius 2 is 2.00 bits per heavy atom. The van der Waals surface area contributed by atoms with E-state index >= 15 is 0 Å². The number of hydrogen-bond acceptors (Lipinski definition) is 5. The van der Waals surface area contributed by atoms with Crippen molar-refractivity contribution >= 4 is 43.8 Å². The van der Waals surface area contributed by atoms with Crippen LogP contribution in [0.2, 0.25) is 0 Å². The second-order valence-corrected chi connectivity index (χ2v) is 8.87. The molecule has 0 aliphatic heterocycles. The van der Waals surface area contributed by atoms with Gasteiger partial charge >= 0.3 is 0 Å².